The highest BCUT2D eigenvalue weighted by molar-refractivity contribution is 5.76. The maximum atomic E-state index is 11.6. The van der Waals surface area contributed by atoms with Crippen LogP contribution in [0.2, 0.25) is 0 Å². The van der Waals surface area contributed by atoms with Crippen LogP contribution in [-0.4, -0.2) is 33.3 Å². The van der Waals surface area contributed by atoms with Gasteiger partial charge in [0.05, 0.1) is 14.2 Å². The average molecular weight is 251 g/mol. The van der Waals surface area contributed by atoms with Crippen LogP contribution in [-0.2, 0) is 16.0 Å². The lowest BCUT2D eigenvalue weighted by Crippen LogP contribution is -2.37. The molecule has 0 aliphatic heterocycles. The van der Waals surface area contributed by atoms with E-state index < -0.39 is 0 Å². The van der Waals surface area contributed by atoms with Crippen LogP contribution >= 0.6 is 0 Å². The van der Waals surface area contributed by atoms with Crippen LogP contribution in [0.5, 0.6) is 5.75 Å². The van der Waals surface area contributed by atoms with Crippen LogP contribution in [0.25, 0.3) is 0 Å². The van der Waals surface area contributed by atoms with E-state index in [4.69, 9.17) is 9.47 Å². The van der Waals surface area contributed by atoms with Crippen LogP contribution in [0.1, 0.15) is 16.7 Å². The zero-order valence-electron chi connectivity index (χ0n) is 11.7. The molecule has 0 fully saturated rings. The molecule has 0 radical (unpaired) electrons. The van der Waals surface area contributed by atoms with Crippen molar-refractivity contribution >= 4 is 5.97 Å². The molecular formula is C14H21NO3. The Morgan fingerprint density at radius 1 is 1.28 bits per heavy atom. The number of ether oxygens (including phenoxy) is 2. The van der Waals surface area contributed by atoms with Crippen molar-refractivity contribution in [3.05, 3.63) is 28.8 Å². The summed E-state index contributed by atoms with van der Waals surface area (Å²) in [5.41, 5.74) is 3.40. The molecule has 0 aliphatic rings. The van der Waals surface area contributed by atoms with Gasteiger partial charge in [-0.05, 0) is 56.1 Å². The molecule has 0 saturated heterocycles. The lowest BCUT2D eigenvalue weighted by atomic mass is 9.96. The van der Waals surface area contributed by atoms with E-state index in [-0.39, 0.29) is 12.0 Å². The molecule has 0 amide bonds. The number of nitrogens with one attached hydrogen (secondary N) is 1. The number of likely N-dealkylation sites (N-methyl/N-ethyl adjacent to an activating group) is 1. The fraction of sp³-hybridized carbons (Fsp3) is 0.500. The maximum absolute atomic E-state index is 11.6. The third-order valence-corrected chi connectivity index (χ3v) is 3.15. The first-order valence-corrected chi connectivity index (χ1v) is 5.92. The first-order valence-electron chi connectivity index (χ1n) is 5.92. The molecule has 0 heterocycles. The first kappa shape index (κ1) is 14.5. The van der Waals surface area contributed by atoms with E-state index in [2.05, 4.69) is 5.32 Å². The standard InChI is InChI=1S/C14H21NO3/c1-9-6-11(17-4)7-10(2)12(9)8-13(15-3)14(16)18-5/h6-7,13,15H,8H2,1-5H3/t13-/m1/s1. The lowest BCUT2D eigenvalue weighted by Gasteiger charge is -2.17. The minimum absolute atomic E-state index is 0.243. The second-order valence-electron chi connectivity index (χ2n) is 4.31. The molecule has 1 aromatic rings. The number of carbonyl (C=O) groups is 1. The summed E-state index contributed by atoms with van der Waals surface area (Å²) in [5, 5.41) is 2.98. The Labute approximate surface area is 108 Å². The van der Waals surface area contributed by atoms with Gasteiger partial charge in [0.1, 0.15) is 11.8 Å². The van der Waals surface area contributed by atoms with Crippen molar-refractivity contribution in [1.29, 1.82) is 0 Å². The maximum Gasteiger partial charge on any atom is 0.323 e. The summed E-state index contributed by atoms with van der Waals surface area (Å²) in [5.74, 6) is 0.597. The number of hydrogen-bond donors (Lipinski definition) is 1. The molecule has 1 aromatic carbocycles. The Kier molecular flexibility index (Phi) is 5.16. The van der Waals surface area contributed by atoms with Crippen molar-refractivity contribution in [2.75, 3.05) is 21.3 Å². The Balaban J connectivity index is 2.99. The van der Waals surface area contributed by atoms with Gasteiger partial charge in [-0.15, -0.1) is 0 Å². The van der Waals surface area contributed by atoms with Crippen molar-refractivity contribution in [3.8, 4) is 5.75 Å². The minimum atomic E-state index is -0.319. The molecule has 0 bridgehead atoms. The van der Waals surface area contributed by atoms with Crippen molar-refractivity contribution in [2.24, 2.45) is 0 Å². The van der Waals surface area contributed by atoms with Gasteiger partial charge in [-0.2, -0.15) is 0 Å². The van der Waals surface area contributed by atoms with E-state index in [1.807, 2.05) is 26.0 Å². The Hall–Kier alpha value is -1.55. The highest BCUT2D eigenvalue weighted by atomic mass is 16.5. The van der Waals surface area contributed by atoms with Gasteiger partial charge < -0.3 is 14.8 Å². The normalized spacial score (nSPS) is 12.1. The molecule has 1 N–H and O–H groups in total. The molecule has 0 aliphatic carbocycles. The highest BCUT2D eigenvalue weighted by Crippen LogP contribution is 2.23. The summed E-state index contributed by atoms with van der Waals surface area (Å²) in [7, 11) is 4.81. The fourth-order valence-corrected chi connectivity index (χ4v) is 2.04. The van der Waals surface area contributed by atoms with Crippen molar-refractivity contribution in [1.82, 2.24) is 5.32 Å². The molecule has 1 atom stereocenters. The van der Waals surface area contributed by atoms with E-state index in [0.29, 0.717) is 6.42 Å². The quantitative estimate of drug-likeness (QED) is 0.808. The zero-order valence-corrected chi connectivity index (χ0v) is 11.7. The van der Waals surface area contributed by atoms with Gasteiger partial charge in [0.25, 0.3) is 0 Å². The number of esters is 1. The number of methoxy groups -OCH3 is 2. The third-order valence-electron chi connectivity index (χ3n) is 3.15. The largest absolute Gasteiger partial charge is 0.497 e. The predicted molar refractivity (Wildman–Crippen MR) is 71.0 cm³/mol. The van der Waals surface area contributed by atoms with Crippen molar-refractivity contribution in [3.63, 3.8) is 0 Å². The third kappa shape index (κ3) is 3.23. The van der Waals surface area contributed by atoms with Gasteiger partial charge in [-0.1, -0.05) is 0 Å². The molecule has 4 nitrogen and oxygen atoms in total. The second-order valence-corrected chi connectivity index (χ2v) is 4.31. The Bertz CT molecular complexity index is 406. The topological polar surface area (TPSA) is 47.6 Å². The summed E-state index contributed by atoms with van der Waals surface area (Å²) in [6.07, 6.45) is 0.616. The molecule has 0 unspecified atom stereocenters. The lowest BCUT2D eigenvalue weighted by molar-refractivity contribution is -0.142. The van der Waals surface area contributed by atoms with E-state index in [1.54, 1.807) is 14.2 Å². The monoisotopic (exact) mass is 251 g/mol. The molecular weight excluding hydrogens is 230 g/mol. The van der Waals surface area contributed by atoms with Gasteiger partial charge in [0.15, 0.2) is 0 Å². The zero-order chi connectivity index (χ0) is 13.7. The molecule has 1 rings (SSSR count). The Morgan fingerprint density at radius 3 is 2.22 bits per heavy atom. The van der Waals surface area contributed by atoms with E-state index >= 15 is 0 Å². The molecule has 100 valence electrons. The van der Waals surface area contributed by atoms with Gasteiger partial charge in [-0.3, -0.25) is 4.79 Å². The van der Waals surface area contributed by atoms with Gasteiger partial charge in [0.2, 0.25) is 0 Å². The number of carbonyl (C=O) groups excluding carboxylic acids is 1. The van der Waals surface area contributed by atoms with Crippen molar-refractivity contribution in [2.45, 2.75) is 26.3 Å². The summed E-state index contributed by atoms with van der Waals surface area (Å²) < 4.78 is 10.00. The second kappa shape index (κ2) is 6.40. The number of benzene rings is 1. The first-order chi connectivity index (χ1) is 8.53. The van der Waals surface area contributed by atoms with Crippen LogP contribution in [0.3, 0.4) is 0 Å². The summed E-state index contributed by atoms with van der Waals surface area (Å²) in [6.45, 7) is 4.05. The Morgan fingerprint density at radius 2 is 1.83 bits per heavy atom. The number of hydrogen-bond acceptors (Lipinski definition) is 4. The predicted octanol–water partition coefficient (Wildman–Crippen LogP) is 1.62. The number of aryl methyl sites for hydroxylation is 2. The smallest absolute Gasteiger partial charge is 0.323 e. The fourth-order valence-electron chi connectivity index (χ4n) is 2.04. The van der Waals surface area contributed by atoms with Gasteiger partial charge in [0, 0.05) is 0 Å². The van der Waals surface area contributed by atoms with Crippen LogP contribution in [0, 0.1) is 13.8 Å². The van der Waals surface area contributed by atoms with Crippen LogP contribution < -0.4 is 10.1 Å². The molecule has 4 heteroatoms. The van der Waals surface area contributed by atoms with E-state index in [9.17, 15) is 4.79 Å². The van der Waals surface area contributed by atoms with E-state index in [1.165, 1.54) is 7.11 Å². The molecule has 0 saturated carbocycles. The highest BCUT2D eigenvalue weighted by Gasteiger charge is 2.19. The molecule has 0 aromatic heterocycles. The van der Waals surface area contributed by atoms with Gasteiger partial charge >= 0.3 is 5.97 Å². The SMILES string of the molecule is CN[C@H](Cc1c(C)cc(OC)cc1C)C(=O)OC. The summed E-state index contributed by atoms with van der Waals surface area (Å²) in [4.78, 5) is 11.6. The molecule has 0 spiro atoms. The minimum Gasteiger partial charge on any atom is -0.497 e. The van der Waals surface area contributed by atoms with Crippen LogP contribution in [0.15, 0.2) is 12.1 Å². The van der Waals surface area contributed by atoms with Crippen LogP contribution in [0.4, 0.5) is 0 Å². The summed E-state index contributed by atoms with van der Waals surface area (Å²) in [6, 6.07) is 3.64. The van der Waals surface area contributed by atoms with E-state index in [0.717, 1.165) is 22.4 Å². The number of rotatable bonds is 5. The molecule has 18 heavy (non-hydrogen) atoms. The van der Waals surface area contributed by atoms with Gasteiger partial charge in [-0.25, -0.2) is 0 Å². The summed E-state index contributed by atoms with van der Waals surface area (Å²) >= 11 is 0. The van der Waals surface area contributed by atoms with Crippen molar-refractivity contribution < 1.29 is 14.3 Å². The average Bonchev–Trinajstić information content (AvgIpc) is 2.37.